The van der Waals surface area contributed by atoms with E-state index in [4.69, 9.17) is 20.2 Å². The normalized spacial score (nSPS) is 15.0. The predicted octanol–water partition coefficient (Wildman–Crippen LogP) is 2.72. The number of carbonyl (C=O) groups excluding carboxylic acids is 1. The molecule has 0 bridgehead atoms. The smallest absolute Gasteiger partial charge is 0.338 e. The number of halogens is 1. The first-order valence-electron chi connectivity index (χ1n) is 6.65. The first-order chi connectivity index (χ1) is 9.91. The maximum absolute atomic E-state index is 11.9. The Balaban J connectivity index is 2.13. The molecule has 116 valence electrons. The van der Waals surface area contributed by atoms with E-state index in [-0.39, 0.29) is 17.1 Å². The third-order valence-electron chi connectivity index (χ3n) is 3.32. The average molecular weight is 333 g/mol. The molecule has 0 atom stereocenters. The minimum atomic E-state index is -3.95. The zero-order valence-corrected chi connectivity index (χ0v) is 13.2. The van der Waals surface area contributed by atoms with E-state index in [9.17, 15) is 13.2 Å². The first-order valence-corrected chi connectivity index (χ1v) is 8.96. The van der Waals surface area contributed by atoms with Crippen molar-refractivity contribution < 1.29 is 22.7 Å². The summed E-state index contributed by atoms with van der Waals surface area (Å²) in [6, 6.07) is 4.26. The summed E-state index contributed by atoms with van der Waals surface area (Å²) in [5, 5.41) is 0. The highest BCUT2D eigenvalue weighted by Crippen LogP contribution is 2.32. The molecule has 1 aromatic carbocycles. The van der Waals surface area contributed by atoms with Crippen LogP contribution in [0.5, 0.6) is 0 Å². The Morgan fingerprint density at radius 2 is 2.10 bits per heavy atom. The van der Waals surface area contributed by atoms with Crippen LogP contribution in [0.1, 0.15) is 35.2 Å². The maximum Gasteiger partial charge on any atom is 0.338 e. The van der Waals surface area contributed by atoms with E-state index >= 15 is 0 Å². The zero-order valence-electron chi connectivity index (χ0n) is 11.7. The highest BCUT2D eigenvalue weighted by molar-refractivity contribution is 8.13. The number of hydrogen-bond donors (Lipinski definition) is 0. The van der Waals surface area contributed by atoms with Crippen LogP contribution in [0.4, 0.5) is 0 Å². The van der Waals surface area contributed by atoms with Crippen LogP contribution >= 0.6 is 10.7 Å². The van der Waals surface area contributed by atoms with Crippen molar-refractivity contribution in [3.8, 4) is 0 Å². The van der Waals surface area contributed by atoms with Gasteiger partial charge in [-0.3, -0.25) is 0 Å². The van der Waals surface area contributed by atoms with Gasteiger partial charge in [0, 0.05) is 17.8 Å². The largest absolute Gasteiger partial charge is 0.462 e. The Kier molecular flexibility index (Phi) is 5.24. The summed E-state index contributed by atoms with van der Waals surface area (Å²) in [5.41, 5.74) is 0.576. The molecule has 0 N–H and O–H groups in total. The summed E-state index contributed by atoms with van der Waals surface area (Å²) in [6.07, 6.45) is 3.24. The minimum Gasteiger partial charge on any atom is -0.462 e. The van der Waals surface area contributed by atoms with Crippen molar-refractivity contribution in [3.05, 3.63) is 29.3 Å². The van der Waals surface area contributed by atoms with Crippen LogP contribution in [0.2, 0.25) is 0 Å². The Labute approximate surface area is 128 Å². The molecule has 1 fully saturated rings. The first kappa shape index (κ1) is 16.3. The summed E-state index contributed by atoms with van der Waals surface area (Å²) in [6.45, 7) is 0.449. The molecule has 5 nitrogen and oxygen atoms in total. The molecule has 2 rings (SSSR count). The number of carbonyl (C=O) groups is 1. The Bertz CT molecular complexity index is 622. The highest BCUT2D eigenvalue weighted by Gasteiger charge is 2.22. The van der Waals surface area contributed by atoms with Gasteiger partial charge in [0.1, 0.15) is 0 Å². The number of hydrogen-bond acceptors (Lipinski definition) is 5. The standard InChI is InChI=1S/C14H17ClO5S/c1-19-9-12-5-4-11(8-13(12)21(15,17)18)14(16)20-7-6-10-2-3-10/h4-5,8,10H,2-3,6-7,9H2,1H3. The van der Waals surface area contributed by atoms with Gasteiger partial charge in [0.05, 0.1) is 23.7 Å². The second-order valence-electron chi connectivity index (χ2n) is 5.06. The van der Waals surface area contributed by atoms with Gasteiger partial charge in [0.25, 0.3) is 9.05 Å². The van der Waals surface area contributed by atoms with Crippen molar-refractivity contribution in [2.45, 2.75) is 30.8 Å². The van der Waals surface area contributed by atoms with Gasteiger partial charge in [-0.05, 0) is 30.0 Å². The van der Waals surface area contributed by atoms with E-state index in [1.54, 1.807) is 0 Å². The monoisotopic (exact) mass is 332 g/mol. The minimum absolute atomic E-state index is 0.0955. The molecule has 21 heavy (non-hydrogen) atoms. The van der Waals surface area contributed by atoms with Crippen molar-refractivity contribution in [3.63, 3.8) is 0 Å². The third-order valence-corrected chi connectivity index (χ3v) is 4.73. The molecule has 1 aliphatic carbocycles. The topological polar surface area (TPSA) is 69.7 Å². The van der Waals surface area contributed by atoms with Gasteiger partial charge in [0.2, 0.25) is 0 Å². The lowest BCUT2D eigenvalue weighted by Gasteiger charge is -2.09. The molecule has 7 heteroatoms. The van der Waals surface area contributed by atoms with Crippen molar-refractivity contribution >= 4 is 25.7 Å². The quantitative estimate of drug-likeness (QED) is 0.567. The Morgan fingerprint density at radius 1 is 1.38 bits per heavy atom. The fourth-order valence-electron chi connectivity index (χ4n) is 1.99. The molecule has 1 aliphatic rings. The molecule has 0 heterocycles. The van der Waals surface area contributed by atoms with E-state index in [0.717, 1.165) is 6.42 Å². The SMILES string of the molecule is COCc1ccc(C(=O)OCCC2CC2)cc1S(=O)(=O)Cl. The van der Waals surface area contributed by atoms with Crippen LogP contribution in [0.15, 0.2) is 23.1 Å². The molecule has 1 saturated carbocycles. The molecule has 0 unspecified atom stereocenters. The molecule has 0 saturated heterocycles. The zero-order chi connectivity index (χ0) is 15.5. The Morgan fingerprint density at radius 3 is 2.67 bits per heavy atom. The van der Waals surface area contributed by atoms with Gasteiger partial charge in [-0.25, -0.2) is 13.2 Å². The van der Waals surface area contributed by atoms with Crippen molar-refractivity contribution in [2.24, 2.45) is 5.92 Å². The van der Waals surface area contributed by atoms with Crippen LogP contribution in [-0.2, 0) is 25.1 Å². The lowest BCUT2D eigenvalue weighted by atomic mass is 10.1. The van der Waals surface area contributed by atoms with E-state index in [1.165, 1.54) is 38.2 Å². The predicted molar refractivity (Wildman–Crippen MR) is 77.8 cm³/mol. The van der Waals surface area contributed by atoms with E-state index in [2.05, 4.69) is 0 Å². The second-order valence-corrected chi connectivity index (χ2v) is 7.60. The molecule has 1 aromatic rings. The third kappa shape index (κ3) is 4.69. The highest BCUT2D eigenvalue weighted by atomic mass is 35.7. The van der Waals surface area contributed by atoms with Crippen LogP contribution in [-0.4, -0.2) is 28.1 Å². The molecule has 0 amide bonds. The van der Waals surface area contributed by atoms with Crippen LogP contribution in [0.25, 0.3) is 0 Å². The van der Waals surface area contributed by atoms with Crippen molar-refractivity contribution in [2.75, 3.05) is 13.7 Å². The van der Waals surface area contributed by atoms with Crippen LogP contribution in [0.3, 0.4) is 0 Å². The number of esters is 1. The average Bonchev–Trinajstić information content (AvgIpc) is 3.22. The van der Waals surface area contributed by atoms with Crippen molar-refractivity contribution in [1.82, 2.24) is 0 Å². The fraction of sp³-hybridized carbons (Fsp3) is 0.500. The number of ether oxygens (including phenoxy) is 2. The van der Waals surface area contributed by atoms with Gasteiger partial charge >= 0.3 is 5.97 Å². The second kappa shape index (κ2) is 6.77. The van der Waals surface area contributed by atoms with E-state index in [0.29, 0.717) is 18.1 Å². The summed E-state index contributed by atoms with van der Waals surface area (Å²) in [5.74, 6) is 0.127. The summed E-state index contributed by atoms with van der Waals surface area (Å²) < 4.78 is 33.2. The van der Waals surface area contributed by atoms with E-state index in [1.807, 2.05) is 0 Å². The van der Waals surface area contributed by atoms with Gasteiger partial charge in [-0.1, -0.05) is 18.9 Å². The summed E-state index contributed by atoms with van der Waals surface area (Å²) in [7, 11) is 2.89. The molecular weight excluding hydrogens is 316 g/mol. The van der Waals surface area contributed by atoms with Gasteiger partial charge < -0.3 is 9.47 Å². The van der Waals surface area contributed by atoms with Gasteiger partial charge in [-0.2, -0.15) is 0 Å². The molecular formula is C14H17ClO5S. The van der Waals surface area contributed by atoms with E-state index < -0.39 is 15.0 Å². The summed E-state index contributed by atoms with van der Waals surface area (Å²) >= 11 is 0. The number of benzene rings is 1. The molecule has 0 aromatic heterocycles. The molecule has 0 spiro atoms. The fourth-order valence-corrected chi connectivity index (χ4v) is 3.13. The summed E-state index contributed by atoms with van der Waals surface area (Å²) in [4.78, 5) is 11.8. The lowest BCUT2D eigenvalue weighted by molar-refractivity contribution is 0.0494. The maximum atomic E-state index is 11.9. The molecule has 0 aliphatic heterocycles. The molecule has 0 radical (unpaired) electrons. The number of rotatable bonds is 7. The number of methoxy groups -OCH3 is 1. The van der Waals surface area contributed by atoms with Crippen LogP contribution < -0.4 is 0 Å². The van der Waals surface area contributed by atoms with Crippen molar-refractivity contribution in [1.29, 1.82) is 0 Å². The van der Waals surface area contributed by atoms with Crippen LogP contribution in [0, 0.1) is 5.92 Å². The van der Waals surface area contributed by atoms with Gasteiger partial charge in [0.15, 0.2) is 0 Å². The van der Waals surface area contributed by atoms with Gasteiger partial charge in [-0.15, -0.1) is 0 Å². The Hall–Kier alpha value is -1.11. The lowest BCUT2D eigenvalue weighted by Crippen LogP contribution is -2.09.